The molecular formula is C12H19NO. The maximum absolute atomic E-state index is 5.05. The Labute approximate surface area is 86.3 Å². The summed E-state index contributed by atoms with van der Waals surface area (Å²) in [5, 5.41) is 0. The predicted molar refractivity (Wildman–Crippen MR) is 58.1 cm³/mol. The van der Waals surface area contributed by atoms with Gasteiger partial charge < -0.3 is 4.74 Å². The Morgan fingerprint density at radius 1 is 1.36 bits per heavy atom. The zero-order chi connectivity index (χ0) is 10.6. The molecule has 0 fully saturated rings. The van der Waals surface area contributed by atoms with Crippen LogP contribution in [0.3, 0.4) is 0 Å². The number of rotatable bonds is 3. The molecule has 0 aliphatic rings. The first-order chi connectivity index (χ1) is 6.51. The van der Waals surface area contributed by atoms with Crippen LogP contribution in [0, 0.1) is 5.41 Å². The minimum absolute atomic E-state index is 0.325. The molecule has 78 valence electrons. The molecule has 2 heteroatoms. The van der Waals surface area contributed by atoms with E-state index in [2.05, 4.69) is 37.9 Å². The van der Waals surface area contributed by atoms with Gasteiger partial charge in [0.1, 0.15) is 0 Å². The minimum Gasteiger partial charge on any atom is -0.378 e. The fourth-order valence-electron chi connectivity index (χ4n) is 1.48. The molecule has 0 saturated carbocycles. The molecular weight excluding hydrogens is 174 g/mol. The predicted octanol–water partition coefficient (Wildman–Crippen LogP) is 2.82. The number of aromatic nitrogens is 1. The van der Waals surface area contributed by atoms with Gasteiger partial charge in [0, 0.05) is 13.3 Å². The highest BCUT2D eigenvalue weighted by Crippen LogP contribution is 2.20. The van der Waals surface area contributed by atoms with Crippen molar-refractivity contribution >= 4 is 0 Å². The van der Waals surface area contributed by atoms with Crippen LogP contribution in [-0.4, -0.2) is 12.1 Å². The second kappa shape index (κ2) is 4.56. The number of ether oxygens (including phenoxy) is 1. The van der Waals surface area contributed by atoms with Crippen molar-refractivity contribution in [1.29, 1.82) is 0 Å². The highest BCUT2D eigenvalue weighted by atomic mass is 16.5. The van der Waals surface area contributed by atoms with Crippen LogP contribution in [0.15, 0.2) is 18.3 Å². The van der Waals surface area contributed by atoms with Gasteiger partial charge in [-0.05, 0) is 29.5 Å². The van der Waals surface area contributed by atoms with Gasteiger partial charge in [0.2, 0.25) is 0 Å². The number of hydrogen-bond acceptors (Lipinski definition) is 2. The van der Waals surface area contributed by atoms with Gasteiger partial charge in [-0.3, -0.25) is 4.98 Å². The van der Waals surface area contributed by atoms with Crippen LogP contribution in [0.5, 0.6) is 0 Å². The normalized spacial score (nSPS) is 11.7. The Kier molecular flexibility index (Phi) is 3.64. The zero-order valence-electron chi connectivity index (χ0n) is 9.50. The molecule has 1 aromatic rings. The van der Waals surface area contributed by atoms with Gasteiger partial charge >= 0.3 is 0 Å². The fraction of sp³-hybridized carbons (Fsp3) is 0.583. The van der Waals surface area contributed by atoms with Crippen LogP contribution < -0.4 is 0 Å². The molecule has 1 heterocycles. The molecule has 0 N–H and O–H groups in total. The summed E-state index contributed by atoms with van der Waals surface area (Å²) in [6, 6.07) is 4.19. The van der Waals surface area contributed by atoms with Crippen molar-refractivity contribution in [2.45, 2.75) is 33.8 Å². The lowest BCUT2D eigenvalue weighted by Gasteiger charge is -2.18. The van der Waals surface area contributed by atoms with Crippen molar-refractivity contribution in [1.82, 2.24) is 4.98 Å². The molecule has 0 amide bonds. The Hall–Kier alpha value is -0.890. The van der Waals surface area contributed by atoms with Crippen molar-refractivity contribution in [3.63, 3.8) is 0 Å². The highest BCUT2D eigenvalue weighted by molar-refractivity contribution is 5.17. The third-order valence-corrected chi connectivity index (χ3v) is 1.91. The van der Waals surface area contributed by atoms with Gasteiger partial charge in [-0.25, -0.2) is 0 Å². The van der Waals surface area contributed by atoms with Crippen molar-refractivity contribution in [3.8, 4) is 0 Å². The zero-order valence-corrected chi connectivity index (χ0v) is 9.50. The van der Waals surface area contributed by atoms with Crippen molar-refractivity contribution in [2.75, 3.05) is 7.11 Å². The largest absolute Gasteiger partial charge is 0.378 e. The van der Waals surface area contributed by atoms with Crippen molar-refractivity contribution in [3.05, 3.63) is 29.6 Å². The van der Waals surface area contributed by atoms with Gasteiger partial charge in [-0.2, -0.15) is 0 Å². The van der Waals surface area contributed by atoms with E-state index in [1.54, 1.807) is 7.11 Å². The molecule has 0 unspecified atom stereocenters. The Bertz CT molecular complexity index is 289. The molecule has 0 saturated heterocycles. The summed E-state index contributed by atoms with van der Waals surface area (Å²) in [4.78, 5) is 4.23. The third kappa shape index (κ3) is 3.88. The van der Waals surface area contributed by atoms with Gasteiger partial charge in [0.05, 0.1) is 12.3 Å². The van der Waals surface area contributed by atoms with Crippen LogP contribution in [-0.2, 0) is 17.8 Å². The maximum atomic E-state index is 5.05. The summed E-state index contributed by atoms with van der Waals surface area (Å²) >= 11 is 0. The SMILES string of the molecule is COCc1cc(CC(C)(C)C)ccn1. The summed E-state index contributed by atoms with van der Waals surface area (Å²) in [7, 11) is 1.69. The van der Waals surface area contributed by atoms with Crippen LogP contribution in [0.25, 0.3) is 0 Å². The molecule has 0 spiro atoms. The third-order valence-electron chi connectivity index (χ3n) is 1.91. The molecule has 14 heavy (non-hydrogen) atoms. The number of methoxy groups -OCH3 is 1. The van der Waals surface area contributed by atoms with E-state index in [1.165, 1.54) is 5.56 Å². The number of hydrogen-bond donors (Lipinski definition) is 0. The monoisotopic (exact) mass is 193 g/mol. The lowest BCUT2D eigenvalue weighted by atomic mass is 9.88. The second-order valence-corrected chi connectivity index (χ2v) is 4.83. The summed E-state index contributed by atoms with van der Waals surface area (Å²) < 4.78 is 5.05. The highest BCUT2D eigenvalue weighted by Gasteiger charge is 2.11. The molecule has 0 atom stereocenters. The number of pyridine rings is 1. The van der Waals surface area contributed by atoms with E-state index >= 15 is 0 Å². The molecule has 0 radical (unpaired) electrons. The summed E-state index contributed by atoms with van der Waals surface area (Å²) in [5.41, 5.74) is 2.67. The molecule has 0 bridgehead atoms. The second-order valence-electron chi connectivity index (χ2n) is 4.83. The van der Waals surface area contributed by atoms with Crippen LogP contribution in [0.4, 0.5) is 0 Å². The summed E-state index contributed by atoms with van der Waals surface area (Å²) in [6.07, 6.45) is 2.93. The van der Waals surface area contributed by atoms with Crippen molar-refractivity contribution in [2.24, 2.45) is 5.41 Å². The van der Waals surface area contributed by atoms with E-state index in [0.717, 1.165) is 12.1 Å². The van der Waals surface area contributed by atoms with E-state index < -0.39 is 0 Å². The van der Waals surface area contributed by atoms with Crippen LogP contribution >= 0.6 is 0 Å². The lowest BCUT2D eigenvalue weighted by Crippen LogP contribution is -2.09. The molecule has 0 aromatic carbocycles. The van der Waals surface area contributed by atoms with Gasteiger partial charge in [0.25, 0.3) is 0 Å². The van der Waals surface area contributed by atoms with Gasteiger partial charge in [-0.15, -0.1) is 0 Å². The average molecular weight is 193 g/mol. The van der Waals surface area contributed by atoms with Gasteiger partial charge in [0.15, 0.2) is 0 Å². The summed E-state index contributed by atoms with van der Waals surface area (Å²) in [5.74, 6) is 0. The Morgan fingerprint density at radius 2 is 2.07 bits per heavy atom. The molecule has 2 nitrogen and oxygen atoms in total. The smallest absolute Gasteiger partial charge is 0.0884 e. The molecule has 1 aromatic heterocycles. The van der Waals surface area contributed by atoms with E-state index in [4.69, 9.17) is 4.74 Å². The lowest BCUT2D eigenvalue weighted by molar-refractivity contribution is 0.181. The first kappa shape index (κ1) is 11.2. The van der Waals surface area contributed by atoms with E-state index in [-0.39, 0.29) is 0 Å². The fourth-order valence-corrected chi connectivity index (χ4v) is 1.48. The first-order valence-electron chi connectivity index (χ1n) is 4.94. The quantitative estimate of drug-likeness (QED) is 0.736. The first-order valence-corrected chi connectivity index (χ1v) is 4.94. The molecule has 0 aliphatic carbocycles. The Balaban J connectivity index is 2.73. The Morgan fingerprint density at radius 3 is 2.64 bits per heavy atom. The van der Waals surface area contributed by atoms with E-state index in [1.807, 2.05) is 6.20 Å². The standard InChI is InChI=1S/C12H19NO/c1-12(2,3)8-10-5-6-13-11(7-10)9-14-4/h5-7H,8-9H2,1-4H3. The minimum atomic E-state index is 0.325. The van der Waals surface area contributed by atoms with Crippen molar-refractivity contribution < 1.29 is 4.74 Å². The summed E-state index contributed by atoms with van der Waals surface area (Å²) in [6.45, 7) is 7.31. The van der Waals surface area contributed by atoms with E-state index in [0.29, 0.717) is 12.0 Å². The van der Waals surface area contributed by atoms with Gasteiger partial charge in [-0.1, -0.05) is 20.8 Å². The molecule has 1 rings (SSSR count). The maximum Gasteiger partial charge on any atom is 0.0884 e. The van der Waals surface area contributed by atoms with Crippen LogP contribution in [0.2, 0.25) is 0 Å². The van der Waals surface area contributed by atoms with E-state index in [9.17, 15) is 0 Å². The average Bonchev–Trinajstić information content (AvgIpc) is 2.02. The van der Waals surface area contributed by atoms with Crippen LogP contribution in [0.1, 0.15) is 32.0 Å². The topological polar surface area (TPSA) is 22.1 Å². The number of nitrogens with zero attached hydrogens (tertiary/aromatic N) is 1. The molecule has 0 aliphatic heterocycles.